The summed E-state index contributed by atoms with van der Waals surface area (Å²) >= 11 is 0. The monoisotopic (exact) mass is 418 g/mol. The largest absolute Gasteiger partial charge is 0.416 e. The second kappa shape index (κ2) is 8.45. The van der Waals surface area contributed by atoms with Crippen molar-refractivity contribution in [1.29, 1.82) is 0 Å². The van der Waals surface area contributed by atoms with Gasteiger partial charge in [-0.05, 0) is 42.5 Å². The van der Waals surface area contributed by atoms with Crippen LogP contribution in [0.2, 0.25) is 0 Å². The van der Waals surface area contributed by atoms with Crippen LogP contribution in [0.5, 0.6) is 0 Å². The number of alkyl halides is 3. The average Bonchev–Trinajstić information content (AvgIpc) is 2.62. The fourth-order valence-electron chi connectivity index (χ4n) is 1.89. The first-order valence-corrected chi connectivity index (χ1v) is 9.52. The lowest BCUT2D eigenvalue weighted by Gasteiger charge is -2.06. The fourth-order valence-corrected chi connectivity index (χ4v) is 2.66. The number of nitrogens with zero attached hydrogens (tertiary/aromatic N) is 2. The van der Waals surface area contributed by atoms with Crippen molar-refractivity contribution >= 4 is 19.7 Å². The highest BCUT2D eigenvalue weighted by Crippen LogP contribution is 2.30. The van der Waals surface area contributed by atoms with E-state index in [-0.39, 0.29) is 4.90 Å². The lowest BCUT2D eigenvalue weighted by Crippen LogP contribution is -2.04. The Labute approximate surface area is 156 Å². The van der Waals surface area contributed by atoms with Crippen LogP contribution in [0.25, 0.3) is 11.3 Å². The molecule has 2 aromatic carbocycles. The van der Waals surface area contributed by atoms with Crippen molar-refractivity contribution in [2.75, 3.05) is 0 Å². The van der Waals surface area contributed by atoms with Crippen molar-refractivity contribution < 1.29 is 26.0 Å². The van der Waals surface area contributed by atoms with Gasteiger partial charge in [-0.2, -0.15) is 13.2 Å². The van der Waals surface area contributed by atoms with Gasteiger partial charge in [0.25, 0.3) is 9.05 Å². The highest BCUT2D eigenvalue weighted by Gasteiger charge is 2.29. The van der Waals surface area contributed by atoms with E-state index in [0.29, 0.717) is 11.3 Å². The molecule has 0 amide bonds. The Bertz CT molecular complexity index is 978. The molecule has 0 aliphatic rings. The van der Waals surface area contributed by atoms with Crippen LogP contribution in [0.4, 0.5) is 17.6 Å². The van der Waals surface area contributed by atoms with Crippen molar-refractivity contribution in [2.45, 2.75) is 11.1 Å². The van der Waals surface area contributed by atoms with Crippen molar-refractivity contribution in [3.05, 3.63) is 78.5 Å². The molecule has 1 heterocycles. The van der Waals surface area contributed by atoms with E-state index in [1.54, 1.807) is 12.3 Å². The standard InChI is InChI=1S/C11H7F3N2.C6H4ClFO2S/c12-11(13,14)9-3-1-8(2-4-9)10-5-6-15-7-16-10;7-11(9,10)6-3-1-5(8)2-4-6/h1-7H;1-4H. The first-order chi connectivity index (χ1) is 12.6. The minimum Gasteiger partial charge on any atom is -0.245 e. The van der Waals surface area contributed by atoms with E-state index in [0.717, 1.165) is 36.4 Å². The van der Waals surface area contributed by atoms with Crippen molar-refractivity contribution in [3.63, 3.8) is 0 Å². The molecule has 0 bridgehead atoms. The quantitative estimate of drug-likeness (QED) is 0.438. The summed E-state index contributed by atoms with van der Waals surface area (Å²) in [7, 11) is 1.25. The lowest BCUT2D eigenvalue weighted by molar-refractivity contribution is -0.137. The van der Waals surface area contributed by atoms with Crippen molar-refractivity contribution in [2.24, 2.45) is 0 Å². The predicted molar refractivity (Wildman–Crippen MR) is 91.9 cm³/mol. The Morgan fingerprint density at radius 2 is 1.48 bits per heavy atom. The van der Waals surface area contributed by atoms with Gasteiger partial charge in [-0.25, -0.2) is 22.8 Å². The highest BCUT2D eigenvalue weighted by molar-refractivity contribution is 8.13. The molecule has 0 fully saturated rings. The topological polar surface area (TPSA) is 59.9 Å². The van der Waals surface area contributed by atoms with Crippen LogP contribution in [-0.2, 0) is 15.2 Å². The van der Waals surface area contributed by atoms with E-state index >= 15 is 0 Å². The summed E-state index contributed by atoms with van der Waals surface area (Å²) in [4.78, 5) is 7.59. The molecule has 0 aliphatic carbocycles. The summed E-state index contributed by atoms with van der Waals surface area (Å²) < 4.78 is 70.3. The van der Waals surface area contributed by atoms with Gasteiger partial charge >= 0.3 is 6.18 Å². The molecule has 27 heavy (non-hydrogen) atoms. The molecule has 0 saturated heterocycles. The van der Waals surface area contributed by atoms with E-state index in [1.165, 1.54) is 18.5 Å². The van der Waals surface area contributed by atoms with Gasteiger partial charge in [0, 0.05) is 22.4 Å². The van der Waals surface area contributed by atoms with Crippen LogP contribution in [0.1, 0.15) is 5.56 Å². The summed E-state index contributed by atoms with van der Waals surface area (Å²) in [6.45, 7) is 0. The van der Waals surface area contributed by atoms with Crippen LogP contribution < -0.4 is 0 Å². The number of hydrogen-bond donors (Lipinski definition) is 0. The van der Waals surface area contributed by atoms with Crippen LogP contribution in [0.15, 0.2) is 72.0 Å². The van der Waals surface area contributed by atoms with Gasteiger partial charge in [-0.15, -0.1) is 0 Å². The molecule has 1 aromatic heterocycles. The van der Waals surface area contributed by atoms with E-state index < -0.39 is 26.6 Å². The number of benzene rings is 2. The second-order valence-electron chi connectivity index (χ2n) is 5.06. The maximum absolute atomic E-state index is 12.3. The second-order valence-corrected chi connectivity index (χ2v) is 7.63. The van der Waals surface area contributed by atoms with Gasteiger partial charge in [0.2, 0.25) is 0 Å². The Kier molecular flexibility index (Phi) is 6.50. The minimum absolute atomic E-state index is 0.0967. The molecule has 3 aromatic rings. The van der Waals surface area contributed by atoms with Gasteiger partial charge in [0.15, 0.2) is 0 Å². The maximum Gasteiger partial charge on any atom is 0.416 e. The molecule has 0 spiro atoms. The normalized spacial score (nSPS) is 11.4. The number of rotatable bonds is 2. The molecular formula is C17H11ClF4N2O2S. The van der Waals surface area contributed by atoms with Crippen molar-refractivity contribution in [3.8, 4) is 11.3 Å². The van der Waals surface area contributed by atoms with Gasteiger partial charge in [0.1, 0.15) is 12.1 Å². The molecule has 0 unspecified atom stereocenters. The Hall–Kier alpha value is -2.52. The molecule has 10 heteroatoms. The van der Waals surface area contributed by atoms with Crippen LogP contribution in [0, 0.1) is 5.82 Å². The third-order valence-corrected chi connectivity index (χ3v) is 4.55. The summed E-state index contributed by atoms with van der Waals surface area (Å²) in [5.74, 6) is -0.492. The molecule has 0 radical (unpaired) electrons. The Morgan fingerprint density at radius 3 is 1.93 bits per heavy atom. The third kappa shape index (κ3) is 6.30. The SMILES string of the molecule is FC(F)(F)c1ccc(-c2ccncn2)cc1.O=S(=O)(Cl)c1ccc(F)cc1. The van der Waals surface area contributed by atoms with Crippen molar-refractivity contribution in [1.82, 2.24) is 9.97 Å². The lowest BCUT2D eigenvalue weighted by atomic mass is 10.1. The summed E-state index contributed by atoms with van der Waals surface area (Å²) in [5.41, 5.74) is 0.574. The zero-order valence-electron chi connectivity index (χ0n) is 13.4. The Morgan fingerprint density at radius 1 is 0.889 bits per heavy atom. The molecular weight excluding hydrogens is 408 g/mol. The molecule has 4 nitrogen and oxygen atoms in total. The smallest absolute Gasteiger partial charge is 0.245 e. The maximum atomic E-state index is 12.3. The summed E-state index contributed by atoms with van der Waals surface area (Å²) in [5, 5.41) is 0. The predicted octanol–water partition coefficient (Wildman–Crippen LogP) is 4.92. The molecule has 142 valence electrons. The van der Waals surface area contributed by atoms with E-state index in [9.17, 15) is 26.0 Å². The van der Waals surface area contributed by atoms with Gasteiger partial charge < -0.3 is 0 Å². The van der Waals surface area contributed by atoms with Crippen LogP contribution >= 0.6 is 10.7 Å². The fraction of sp³-hybridized carbons (Fsp3) is 0.0588. The Balaban J connectivity index is 0.000000208. The summed E-state index contributed by atoms with van der Waals surface area (Å²) in [6, 6.07) is 10.8. The minimum atomic E-state index is -4.30. The van der Waals surface area contributed by atoms with Gasteiger partial charge in [0.05, 0.1) is 16.2 Å². The number of hydrogen-bond acceptors (Lipinski definition) is 4. The summed E-state index contributed by atoms with van der Waals surface area (Å²) in [6.07, 6.45) is -1.41. The zero-order valence-corrected chi connectivity index (χ0v) is 14.9. The molecule has 0 saturated carbocycles. The van der Waals surface area contributed by atoms with Crippen LogP contribution in [0.3, 0.4) is 0 Å². The van der Waals surface area contributed by atoms with Gasteiger partial charge in [-0.3, -0.25) is 0 Å². The molecule has 0 atom stereocenters. The number of halogens is 5. The first kappa shape index (κ1) is 20.8. The number of aromatic nitrogens is 2. The molecule has 3 rings (SSSR count). The third-order valence-electron chi connectivity index (χ3n) is 3.19. The van der Waals surface area contributed by atoms with E-state index in [2.05, 4.69) is 9.97 Å². The van der Waals surface area contributed by atoms with Gasteiger partial charge in [-0.1, -0.05) is 12.1 Å². The molecule has 0 aliphatic heterocycles. The van der Waals surface area contributed by atoms with Crippen LogP contribution in [-0.4, -0.2) is 18.4 Å². The first-order valence-electron chi connectivity index (χ1n) is 7.21. The zero-order chi connectivity index (χ0) is 20.1. The highest BCUT2D eigenvalue weighted by atomic mass is 35.7. The average molecular weight is 419 g/mol. The molecule has 0 N–H and O–H groups in total. The van der Waals surface area contributed by atoms with E-state index in [4.69, 9.17) is 10.7 Å². The van der Waals surface area contributed by atoms with E-state index in [1.807, 2.05) is 0 Å².